The van der Waals surface area contributed by atoms with Crippen molar-refractivity contribution in [2.75, 3.05) is 0 Å². The van der Waals surface area contributed by atoms with E-state index in [1.165, 1.54) is 24.6 Å². The van der Waals surface area contributed by atoms with Crippen LogP contribution in [0.25, 0.3) is 0 Å². The SMILES string of the molecule is C[C@]12C=C[P@](=S)(c3ccccc3)[C@H]1CCC2. The fourth-order valence-electron chi connectivity index (χ4n) is 3.31. The van der Waals surface area contributed by atoms with Gasteiger partial charge in [-0.1, -0.05) is 61.6 Å². The van der Waals surface area contributed by atoms with Crippen LogP contribution in [0, 0.1) is 5.41 Å². The third-order valence-electron chi connectivity index (χ3n) is 4.25. The fraction of sp³-hybridized carbons (Fsp3) is 0.429. The van der Waals surface area contributed by atoms with Crippen molar-refractivity contribution in [3.05, 3.63) is 42.2 Å². The van der Waals surface area contributed by atoms with Gasteiger partial charge in [-0.25, -0.2) is 0 Å². The van der Waals surface area contributed by atoms with Crippen LogP contribution in [0.4, 0.5) is 0 Å². The summed E-state index contributed by atoms with van der Waals surface area (Å²) in [5.41, 5.74) is 1.14. The summed E-state index contributed by atoms with van der Waals surface area (Å²) in [4.78, 5) is 0. The molecule has 1 aromatic rings. The lowest BCUT2D eigenvalue weighted by atomic mass is 9.89. The average Bonchev–Trinajstić information content (AvgIpc) is 2.80. The molecule has 16 heavy (non-hydrogen) atoms. The van der Waals surface area contributed by atoms with Gasteiger partial charge in [-0.3, -0.25) is 0 Å². The van der Waals surface area contributed by atoms with E-state index in [-0.39, 0.29) is 0 Å². The normalized spacial score (nSPS) is 41.2. The summed E-state index contributed by atoms with van der Waals surface area (Å²) in [5, 5.41) is 1.41. The first kappa shape index (κ1) is 10.7. The quantitative estimate of drug-likeness (QED) is 0.680. The second-order valence-corrected chi connectivity index (χ2v) is 9.94. The predicted molar refractivity (Wildman–Crippen MR) is 75.2 cm³/mol. The Morgan fingerprint density at radius 1 is 1.31 bits per heavy atom. The molecule has 84 valence electrons. The third-order valence-corrected chi connectivity index (χ3v) is 9.49. The summed E-state index contributed by atoms with van der Waals surface area (Å²) in [5.74, 6) is 2.39. The molecule has 0 unspecified atom stereocenters. The van der Waals surface area contributed by atoms with Gasteiger partial charge < -0.3 is 0 Å². The fourth-order valence-corrected chi connectivity index (χ4v) is 8.49. The van der Waals surface area contributed by atoms with Crippen LogP contribution in [-0.2, 0) is 11.8 Å². The molecule has 0 amide bonds. The van der Waals surface area contributed by atoms with Gasteiger partial charge in [-0.2, -0.15) is 0 Å². The van der Waals surface area contributed by atoms with Gasteiger partial charge >= 0.3 is 0 Å². The highest BCUT2D eigenvalue weighted by molar-refractivity contribution is 8.20. The molecule has 0 N–H and O–H groups in total. The lowest BCUT2D eigenvalue weighted by molar-refractivity contribution is 0.462. The first-order valence-electron chi connectivity index (χ1n) is 6.01. The number of hydrogen-bond acceptors (Lipinski definition) is 1. The van der Waals surface area contributed by atoms with Crippen molar-refractivity contribution in [3.63, 3.8) is 0 Å². The maximum absolute atomic E-state index is 6.07. The van der Waals surface area contributed by atoms with E-state index in [4.69, 9.17) is 11.8 Å². The second-order valence-electron chi connectivity index (χ2n) is 5.27. The molecule has 1 aromatic carbocycles. The van der Waals surface area contributed by atoms with E-state index in [0.29, 0.717) is 5.41 Å². The van der Waals surface area contributed by atoms with Crippen molar-refractivity contribution < 1.29 is 0 Å². The van der Waals surface area contributed by atoms with E-state index in [9.17, 15) is 0 Å². The van der Waals surface area contributed by atoms with Crippen molar-refractivity contribution in [1.29, 1.82) is 0 Å². The molecular formula is C14H17PS. The molecule has 1 fully saturated rings. The molecule has 1 saturated carbocycles. The van der Waals surface area contributed by atoms with Crippen LogP contribution in [0.5, 0.6) is 0 Å². The Bertz CT molecular complexity index is 477. The van der Waals surface area contributed by atoms with Crippen molar-refractivity contribution in [2.24, 2.45) is 5.41 Å². The molecule has 3 rings (SSSR count). The Balaban J connectivity index is 2.09. The molecule has 1 heterocycles. The van der Waals surface area contributed by atoms with Gasteiger partial charge in [0.25, 0.3) is 0 Å². The number of allylic oxidation sites excluding steroid dienone is 1. The van der Waals surface area contributed by atoms with Gasteiger partial charge in [0.05, 0.1) is 0 Å². The predicted octanol–water partition coefficient (Wildman–Crippen LogP) is 3.88. The summed E-state index contributed by atoms with van der Waals surface area (Å²) < 4.78 is 0. The van der Waals surface area contributed by atoms with E-state index >= 15 is 0 Å². The minimum absolute atomic E-state index is 0.408. The van der Waals surface area contributed by atoms with Crippen molar-refractivity contribution in [3.8, 4) is 0 Å². The molecule has 0 saturated heterocycles. The van der Waals surface area contributed by atoms with Crippen LogP contribution >= 0.6 is 6.04 Å². The Morgan fingerprint density at radius 2 is 2.06 bits per heavy atom. The number of rotatable bonds is 1. The Labute approximate surface area is 103 Å². The lowest BCUT2D eigenvalue weighted by Gasteiger charge is -2.30. The molecule has 0 spiro atoms. The molecule has 0 nitrogen and oxygen atoms in total. The van der Waals surface area contributed by atoms with Crippen molar-refractivity contribution >= 4 is 23.1 Å². The summed E-state index contributed by atoms with van der Waals surface area (Å²) in [6.07, 6.45) is 6.45. The molecular weight excluding hydrogens is 231 g/mol. The van der Waals surface area contributed by atoms with E-state index in [2.05, 4.69) is 49.1 Å². The highest BCUT2D eigenvalue weighted by Gasteiger charge is 2.48. The van der Waals surface area contributed by atoms with Gasteiger partial charge in [0.15, 0.2) is 0 Å². The van der Waals surface area contributed by atoms with Gasteiger partial charge in [-0.15, -0.1) is 0 Å². The molecule has 1 aliphatic heterocycles. The topological polar surface area (TPSA) is 0 Å². The van der Waals surface area contributed by atoms with Gasteiger partial charge in [-0.05, 0) is 29.4 Å². The zero-order chi connectivity index (χ0) is 11.2. The van der Waals surface area contributed by atoms with Gasteiger partial charge in [0.2, 0.25) is 0 Å². The molecule has 0 bridgehead atoms. The number of benzene rings is 1. The molecule has 0 radical (unpaired) electrons. The van der Waals surface area contributed by atoms with Crippen LogP contribution in [0.2, 0.25) is 0 Å². The first-order valence-corrected chi connectivity index (χ1v) is 8.95. The molecule has 3 atom stereocenters. The minimum atomic E-state index is -1.44. The van der Waals surface area contributed by atoms with E-state index in [1.54, 1.807) is 0 Å². The third kappa shape index (κ3) is 1.38. The number of hydrogen-bond donors (Lipinski definition) is 0. The molecule has 2 aliphatic rings. The van der Waals surface area contributed by atoms with Crippen molar-refractivity contribution in [2.45, 2.75) is 31.8 Å². The number of fused-ring (bicyclic) bond motifs is 1. The zero-order valence-corrected chi connectivity index (χ0v) is 11.3. The van der Waals surface area contributed by atoms with Gasteiger partial charge in [0.1, 0.15) is 0 Å². The van der Waals surface area contributed by atoms with Crippen LogP contribution in [0.1, 0.15) is 26.2 Å². The molecule has 1 aliphatic carbocycles. The average molecular weight is 248 g/mol. The molecule has 0 aromatic heterocycles. The summed E-state index contributed by atoms with van der Waals surface area (Å²) in [6.45, 7) is 2.40. The van der Waals surface area contributed by atoms with Crippen LogP contribution in [-0.4, -0.2) is 5.66 Å². The summed E-state index contributed by atoms with van der Waals surface area (Å²) >= 11 is 6.07. The molecule has 2 heteroatoms. The Hall–Kier alpha value is -0.390. The van der Waals surface area contributed by atoms with Crippen LogP contribution in [0.15, 0.2) is 42.2 Å². The maximum atomic E-state index is 6.07. The minimum Gasteiger partial charge on any atom is -0.0879 e. The Morgan fingerprint density at radius 3 is 2.81 bits per heavy atom. The van der Waals surface area contributed by atoms with E-state index in [1.807, 2.05) is 0 Å². The highest BCUT2D eigenvalue weighted by atomic mass is 32.4. The second kappa shape index (κ2) is 3.55. The zero-order valence-electron chi connectivity index (χ0n) is 9.60. The van der Waals surface area contributed by atoms with E-state index < -0.39 is 6.04 Å². The smallest absolute Gasteiger partial charge is 0.00714 e. The Kier molecular flexibility index (Phi) is 2.38. The van der Waals surface area contributed by atoms with E-state index in [0.717, 1.165) is 5.66 Å². The van der Waals surface area contributed by atoms with Crippen LogP contribution < -0.4 is 5.30 Å². The largest absolute Gasteiger partial charge is 0.0879 e. The lowest BCUT2D eigenvalue weighted by Crippen LogP contribution is -2.23. The van der Waals surface area contributed by atoms with Crippen LogP contribution in [0.3, 0.4) is 0 Å². The van der Waals surface area contributed by atoms with Crippen molar-refractivity contribution in [1.82, 2.24) is 0 Å². The summed E-state index contributed by atoms with van der Waals surface area (Å²) in [7, 11) is 0. The highest BCUT2D eigenvalue weighted by Crippen LogP contribution is 2.68. The standard InChI is InChI=1S/C14H17PS/c1-14-9-5-8-13(14)15(16,11-10-14)12-6-3-2-4-7-12/h2-4,6-7,10-11,13H,5,8-9H2,1H3/t13-,14-,15-/m0/s1. The monoisotopic (exact) mass is 248 g/mol. The van der Waals surface area contributed by atoms with Gasteiger partial charge in [0, 0.05) is 11.7 Å². The maximum Gasteiger partial charge on any atom is 0.00714 e. The summed E-state index contributed by atoms with van der Waals surface area (Å²) in [6, 6.07) is 9.36. The first-order chi connectivity index (χ1) is 7.65.